The molecule has 26 atom stereocenters. The second kappa shape index (κ2) is 24.5. The maximum atomic E-state index is 14.7. The number of halogens is 1. The maximum absolute atomic E-state index is 14.7. The normalized spacial score (nSPS) is 50.3. The van der Waals surface area contributed by atoms with E-state index < -0.39 is 135 Å². The van der Waals surface area contributed by atoms with Crippen LogP contribution in [0.4, 0.5) is 0 Å². The number of ether oxygens (including phenoxy) is 6. The van der Waals surface area contributed by atoms with Crippen LogP contribution in [0.15, 0.2) is 23.8 Å². The Balaban J connectivity index is 1.16. The fraction of sp³-hybridized carbons (Fsp3) is 0.885. The molecule has 464 valence electrons. The third kappa shape index (κ3) is 11.9. The van der Waals surface area contributed by atoms with Gasteiger partial charge in [-0.25, -0.2) is 0 Å². The van der Waals surface area contributed by atoms with Crippen LogP contribution in [-0.2, 0) is 42.8 Å². The predicted octanol–water partition coefficient (Wildman–Crippen LogP) is 4.39. The molecule has 8 N–H and O–H groups in total. The number of fused-ring (bicyclic) bond motifs is 5. The number of methoxy groups -OCH3 is 1. The van der Waals surface area contributed by atoms with Gasteiger partial charge in [-0.2, -0.15) is 0 Å². The quantitative estimate of drug-likeness (QED) is 0.0765. The molecule has 5 unspecified atom stereocenters. The molecule has 19 nitrogen and oxygen atoms in total. The number of amides is 1. The lowest BCUT2D eigenvalue weighted by Crippen LogP contribution is -2.69. The molecule has 3 saturated heterocycles. The second-order valence-corrected chi connectivity index (χ2v) is 28.1. The van der Waals surface area contributed by atoms with Crippen molar-refractivity contribution in [3.63, 3.8) is 0 Å². The molecule has 0 spiro atoms. The first kappa shape index (κ1) is 66.3. The van der Waals surface area contributed by atoms with Crippen LogP contribution in [0, 0.1) is 46.3 Å². The van der Waals surface area contributed by atoms with E-state index in [1.165, 1.54) is 20.1 Å². The average molecular weight is 1170 g/mol. The van der Waals surface area contributed by atoms with E-state index >= 15 is 0 Å². The first-order chi connectivity index (χ1) is 37.5. The van der Waals surface area contributed by atoms with Crippen LogP contribution in [-0.4, -0.2) is 211 Å². The predicted molar refractivity (Wildman–Crippen MR) is 303 cm³/mol. The third-order valence-corrected chi connectivity index (χ3v) is 22.4. The first-order valence-electron chi connectivity index (χ1n) is 30.1. The summed E-state index contributed by atoms with van der Waals surface area (Å²) < 4.78 is 38.3. The number of allylic oxidation sites excluding steroid dienone is 4. The van der Waals surface area contributed by atoms with Crippen LogP contribution in [0.3, 0.4) is 0 Å². The standard InChI is InChI=1S/C61H102ClN3O16/c1-17-45-59(13,74)49(69)37(7)65(24-18-23-63-54(72)61(75)33(3)25-42-41-20-19-39-27-40(66)21-22-55(39,9)60(41,62)44(67)29-56(42,61)10)31-32(2)28-57(11,73)51(81-53-47(68)43(64(14)15)26-34(4)77-53)35(5)48(36(6)52(71)79-45)80-46-30-58(12,76-16)50(70)38(8)78-46/h21-22,27,32-38,41-51,53,67-70,73-75H,17-20,23-26,28-31H2,1-16H3,(H,63,72)/t32-,33+,34?,35+,36-,37-,38?,41?,42?,43-,44+,45-,46-,47-,48+,49-,50-,51-,53?,55+,56+,57-,58+,59-,60+,61+/m1/s1. The summed E-state index contributed by atoms with van der Waals surface area (Å²) in [4.78, 5) is 44.6. The Morgan fingerprint density at radius 1 is 0.901 bits per heavy atom. The van der Waals surface area contributed by atoms with E-state index in [0.717, 1.165) is 5.57 Å². The van der Waals surface area contributed by atoms with E-state index in [2.05, 4.69) is 5.32 Å². The Morgan fingerprint density at radius 2 is 1.57 bits per heavy atom. The SMILES string of the molecule is CC[C@H]1OC(=O)[C@H](C)[C@@H](O[C@@H]2C[C@](C)(OC)[C@H](O)C(C)O2)[C@H](C)[C@@H](OC2OC(C)C[C@@H](N(C)C)[C@H]2O)[C@](C)(O)C[C@@H](C)CN(CCCNC(=O)[C@@]2(O)[C@@H](C)CC3C4CCC5=CC(=O)C=C[C@]5(C)[C@@]4(Cl)[C@@H](O)C[C@@]32C)[C@H](C)[C@@H](O)[C@]1(C)O. The summed E-state index contributed by atoms with van der Waals surface area (Å²) in [5, 5.41) is 88.9. The van der Waals surface area contributed by atoms with E-state index in [-0.39, 0.29) is 81.0 Å². The van der Waals surface area contributed by atoms with Crippen LogP contribution in [0.25, 0.3) is 0 Å². The number of carbonyl (C=O) groups excluding carboxylic acids is 3. The molecule has 1 amide bonds. The largest absolute Gasteiger partial charge is 0.459 e. The number of carbonyl (C=O) groups is 3. The molecule has 3 saturated carbocycles. The Bertz CT molecular complexity index is 2310. The van der Waals surface area contributed by atoms with E-state index in [1.54, 1.807) is 54.5 Å². The lowest BCUT2D eigenvalue weighted by molar-refractivity contribution is -0.318. The lowest BCUT2D eigenvalue weighted by atomic mass is 9.45. The number of esters is 1. The lowest BCUT2D eigenvalue weighted by Gasteiger charge is -2.63. The molecule has 3 heterocycles. The Kier molecular flexibility index (Phi) is 20.1. The van der Waals surface area contributed by atoms with Gasteiger partial charge in [-0.1, -0.05) is 53.2 Å². The smallest absolute Gasteiger partial charge is 0.311 e. The molecule has 3 aliphatic heterocycles. The van der Waals surface area contributed by atoms with Crippen LogP contribution in [0.2, 0.25) is 0 Å². The van der Waals surface area contributed by atoms with Crippen LogP contribution in [0.1, 0.15) is 148 Å². The molecule has 0 radical (unpaired) electrons. The van der Waals surface area contributed by atoms with Crippen LogP contribution in [0.5, 0.6) is 0 Å². The number of cyclic esters (lactones) is 1. The summed E-state index contributed by atoms with van der Waals surface area (Å²) in [5.41, 5.74) is -7.62. The number of alkyl halides is 1. The topological polar surface area (TPSA) is 267 Å². The maximum Gasteiger partial charge on any atom is 0.311 e. The molecule has 0 aromatic rings. The van der Waals surface area contributed by atoms with Crippen molar-refractivity contribution in [2.75, 3.05) is 40.8 Å². The minimum absolute atomic E-state index is 0.0723. The van der Waals surface area contributed by atoms with Crippen LogP contribution < -0.4 is 5.32 Å². The Hall–Kier alpha value is -2.18. The number of aliphatic hydroxyl groups excluding tert-OH is 4. The van der Waals surface area contributed by atoms with Crippen molar-refractivity contribution in [3.8, 4) is 0 Å². The van der Waals surface area contributed by atoms with Gasteiger partial charge in [0.1, 0.15) is 30.0 Å². The monoisotopic (exact) mass is 1170 g/mol. The van der Waals surface area contributed by atoms with Crippen molar-refractivity contribution < 1.29 is 78.6 Å². The fourth-order valence-corrected chi connectivity index (χ4v) is 17.1. The summed E-state index contributed by atoms with van der Waals surface area (Å²) in [6, 6.07) is -1.14. The molecule has 7 rings (SSSR count). The molecule has 20 heteroatoms. The van der Waals surface area contributed by atoms with Gasteiger partial charge in [0.2, 0.25) is 0 Å². The zero-order chi connectivity index (χ0) is 60.5. The highest BCUT2D eigenvalue weighted by Crippen LogP contribution is 2.71. The second-order valence-electron chi connectivity index (χ2n) is 27.5. The van der Waals surface area contributed by atoms with Gasteiger partial charge in [-0.05, 0) is 150 Å². The average Bonchev–Trinajstić information content (AvgIpc) is 2.79. The van der Waals surface area contributed by atoms with Gasteiger partial charge >= 0.3 is 5.97 Å². The highest BCUT2D eigenvalue weighted by atomic mass is 35.5. The van der Waals surface area contributed by atoms with Gasteiger partial charge in [-0.3, -0.25) is 19.3 Å². The molecule has 0 bridgehead atoms. The highest BCUT2D eigenvalue weighted by Gasteiger charge is 2.75. The molecule has 6 fully saturated rings. The van der Waals surface area contributed by atoms with Gasteiger partial charge in [0, 0.05) is 62.0 Å². The van der Waals surface area contributed by atoms with Crippen molar-refractivity contribution in [3.05, 3.63) is 23.8 Å². The highest BCUT2D eigenvalue weighted by molar-refractivity contribution is 6.26. The zero-order valence-corrected chi connectivity index (χ0v) is 52.0. The van der Waals surface area contributed by atoms with E-state index in [1.807, 2.05) is 64.6 Å². The van der Waals surface area contributed by atoms with Crippen molar-refractivity contribution in [2.45, 2.75) is 255 Å². The third-order valence-electron chi connectivity index (χ3n) is 21.5. The Labute approximate surface area is 486 Å². The first-order valence-corrected chi connectivity index (χ1v) is 30.5. The van der Waals surface area contributed by atoms with Crippen molar-refractivity contribution in [2.24, 2.45) is 46.3 Å². The van der Waals surface area contributed by atoms with Gasteiger partial charge in [-0.15, -0.1) is 11.6 Å². The number of hydrogen-bond acceptors (Lipinski definition) is 18. The number of nitrogens with one attached hydrogen (secondary N) is 1. The number of hydrogen-bond donors (Lipinski definition) is 8. The molecule has 0 aromatic heterocycles. The fourth-order valence-electron chi connectivity index (χ4n) is 16.5. The van der Waals surface area contributed by atoms with E-state index in [0.29, 0.717) is 32.1 Å². The molecular formula is C61H102ClN3O16. The summed E-state index contributed by atoms with van der Waals surface area (Å²) >= 11 is 7.67. The van der Waals surface area contributed by atoms with Crippen LogP contribution >= 0.6 is 11.6 Å². The van der Waals surface area contributed by atoms with Gasteiger partial charge in [0.15, 0.2) is 24.0 Å². The van der Waals surface area contributed by atoms with E-state index in [9.17, 15) is 50.1 Å². The minimum atomic E-state index is -2.00. The molecular weight excluding hydrogens is 1070 g/mol. The summed E-state index contributed by atoms with van der Waals surface area (Å²) in [6.07, 6.45) is -3.64. The summed E-state index contributed by atoms with van der Waals surface area (Å²) in [7, 11) is 5.22. The Morgan fingerprint density at radius 3 is 2.20 bits per heavy atom. The number of rotatable bonds is 12. The molecule has 81 heavy (non-hydrogen) atoms. The number of nitrogens with zero attached hydrogens (tertiary/aromatic N) is 2. The molecule has 7 aliphatic rings. The molecule has 0 aromatic carbocycles. The number of ketones is 1. The van der Waals surface area contributed by atoms with Gasteiger partial charge in [0.05, 0.1) is 52.5 Å². The van der Waals surface area contributed by atoms with Crippen molar-refractivity contribution >= 4 is 29.3 Å². The molecule has 4 aliphatic carbocycles. The van der Waals surface area contributed by atoms with Gasteiger partial charge in [0.25, 0.3) is 5.91 Å². The van der Waals surface area contributed by atoms with Crippen molar-refractivity contribution in [1.29, 1.82) is 0 Å². The zero-order valence-electron chi connectivity index (χ0n) is 51.3. The number of aliphatic hydroxyl groups is 7. The van der Waals surface area contributed by atoms with Crippen molar-refractivity contribution in [1.82, 2.24) is 15.1 Å². The van der Waals surface area contributed by atoms with Gasteiger partial charge < -0.3 is 74.4 Å². The van der Waals surface area contributed by atoms with E-state index in [4.69, 9.17) is 40.0 Å². The summed E-state index contributed by atoms with van der Waals surface area (Å²) in [5.74, 6) is -4.70. The summed E-state index contributed by atoms with van der Waals surface area (Å²) in [6.45, 7) is 23.7. The minimum Gasteiger partial charge on any atom is -0.459 e. The number of likely N-dealkylation sites (N-methyl/N-ethyl adjacent to an activating group) is 1.